The SMILES string of the molecule is O=S(=O)(O)O.c1ccc(C2CCc3ccccc3O2)cc1. The minimum atomic E-state index is -4.67. The minimum Gasteiger partial charge on any atom is -0.485 e. The first kappa shape index (κ1) is 15.5. The van der Waals surface area contributed by atoms with Crippen LogP contribution in [0.25, 0.3) is 0 Å². The van der Waals surface area contributed by atoms with E-state index in [0.717, 1.165) is 18.6 Å². The second-order valence-corrected chi connectivity index (χ2v) is 5.51. The number of rotatable bonds is 1. The second-order valence-electron chi connectivity index (χ2n) is 4.61. The number of hydrogen-bond donors (Lipinski definition) is 2. The van der Waals surface area contributed by atoms with Crippen LogP contribution in [0.4, 0.5) is 0 Å². The van der Waals surface area contributed by atoms with Crippen molar-refractivity contribution in [1.29, 1.82) is 0 Å². The summed E-state index contributed by atoms with van der Waals surface area (Å²) < 4.78 is 37.6. The molecule has 1 heterocycles. The number of fused-ring (bicyclic) bond motifs is 1. The average molecular weight is 308 g/mol. The highest BCUT2D eigenvalue weighted by Crippen LogP contribution is 2.34. The van der Waals surface area contributed by atoms with Crippen molar-refractivity contribution in [3.8, 4) is 5.75 Å². The van der Waals surface area contributed by atoms with Crippen LogP contribution in [0.2, 0.25) is 0 Å². The zero-order chi connectivity index (χ0) is 15.3. The third-order valence-electron chi connectivity index (χ3n) is 3.09. The van der Waals surface area contributed by atoms with Gasteiger partial charge in [-0.3, -0.25) is 9.11 Å². The van der Waals surface area contributed by atoms with Crippen LogP contribution in [0.5, 0.6) is 5.75 Å². The maximum absolute atomic E-state index is 8.74. The molecule has 0 fully saturated rings. The Hall–Kier alpha value is -1.89. The van der Waals surface area contributed by atoms with Gasteiger partial charge in [0, 0.05) is 0 Å². The molecule has 3 rings (SSSR count). The molecule has 0 aliphatic carbocycles. The van der Waals surface area contributed by atoms with Gasteiger partial charge < -0.3 is 4.74 Å². The molecule has 1 atom stereocenters. The predicted molar refractivity (Wildman–Crippen MR) is 78.8 cm³/mol. The predicted octanol–water partition coefficient (Wildman–Crippen LogP) is 3.10. The molecule has 2 aromatic rings. The zero-order valence-corrected chi connectivity index (χ0v) is 12.0. The quantitative estimate of drug-likeness (QED) is 0.791. The zero-order valence-electron chi connectivity index (χ0n) is 11.2. The molecular weight excluding hydrogens is 292 g/mol. The van der Waals surface area contributed by atoms with Gasteiger partial charge in [0.25, 0.3) is 0 Å². The number of para-hydroxylation sites is 1. The number of aryl methyl sites for hydroxylation is 1. The van der Waals surface area contributed by atoms with Crippen molar-refractivity contribution in [3.63, 3.8) is 0 Å². The lowest BCUT2D eigenvalue weighted by Crippen LogP contribution is -2.14. The van der Waals surface area contributed by atoms with Crippen molar-refractivity contribution in [2.75, 3.05) is 0 Å². The summed E-state index contributed by atoms with van der Waals surface area (Å²) in [5.41, 5.74) is 2.60. The summed E-state index contributed by atoms with van der Waals surface area (Å²) in [7, 11) is -4.67. The van der Waals surface area contributed by atoms with Crippen LogP contribution in [0.3, 0.4) is 0 Å². The van der Waals surface area contributed by atoms with Gasteiger partial charge >= 0.3 is 10.4 Å². The van der Waals surface area contributed by atoms with Crippen LogP contribution in [0, 0.1) is 0 Å². The van der Waals surface area contributed by atoms with Gasteiger partial charge in [-0.05, 0) is 30.0 Å². The molecular formula is C15H16O5S. The Morgan fingerprint density at radius 1 is 0.952 bits per heavy atom. The van der Waals surface area contributed by atoms with E-state index in [1.54, 1.807) is 0 Å². The van der Waals surface area contributed by atoms with Crippen molar-refractivity contribution in [3.05, 3.63) is 65.7 Å². The van der Waals surface area contributed by atoms with E-state index < -0.39 is 10.4 Å². The fourth-order valence-corrected chi connectivity index (χ4v) is 2.23. The highest BCUT2D eigenvalue weighted by Gasteiger charge is 2.20. The number of benzene rings is 2. The van der Waals surface area contributed by atoms with Gasteiger partial charge in [0.15, 0.2) is 0 Å². The number of hydrogen-bond acceptors (Lipinski definition) is 3. The van der Waals surface area contributed by atoms with Gasteiger partial charge in [0.05, 0.1) is 0 Å². The highest BCUT2D eigenvalue weighted by atomic mass is 32.3. The fraction of sp³-hybridized carbons (Fsp3) is 0.200. The molecule has 1 aliphatic rings. The molecule has 0 saturated heterocycles. The van der Waals surface area contributed by atoms with Gasteiger partial charge in [-0.2, -0.15) is 8.42 Å². The maximum atomic E-state index is 8.74. The molecule has 6 heteroatoms. The molecule has 1 aliphatic heterocycles. The van der Waals surface area contributed by atoms with Gasteiger partial charge in [0.2, 0.25) is 0 Å². The molecule has 112 valence electrons. The van der Waals surface area contributed by atoms with Crippen molar-refractivity contribution >= 4 is 10.4 Å². The first-order valence-corrected chi connectivity index (χ1v) is 7.82. The summed E-state index contributed by atoms with van der Waals surface area (Å²) in [5.74, 6) is 1.04. The molecule has 5 nitrogen and oxygen atoms in total. The average Bonchev–Trinajstić information content (AvgIpc) is 2.46. The lowest BCUT2D eigenvalue weighted by atomic mass is 9.98. The molecule has 0 amide bonds. The Balaban J connectivity index is 0.000000282. The molecule has 0 bridgehead atoms. The minimum absolute atomic E-state index is 0.219. The molecule has 2 aromatic carbocycles. The van der Waals surface area contributed by atoms with Crippen molar-refractivity contribution < 1.29 is 22.3 Å². The lowest BCUT2D eigenvalue weighted by Gasteiger charge is -2.26. The number of ether oxygens (including phenoxy) is 1. The summed E-state index contributed by atoms with van der Waals surface area (Å²) in [6, 6.07) is 18.8. The Labute approximate surface area is 123 Å². The highest BCUT2D eigenvalue weighted by molar-refractivity contribution is 7.79. The van der Waals surface area contributed by atoms with Gasteiger partial charge in [-0.1, -0.05) is 48.5 Å². The molecule has 21 heavy (non-hydrogen) atoms. The summed E-state index contributed by atoms with van der Waals surface area (Å²) >= 11 is 0. The normalized spacial score (nSPS) is 17.0. The third-order valence-corrected chi connectivity index (χ3v) is 3.09. The fourth-order valence-electron chi connectivity index (χ4n) is 2.23. The van der Waals surface area contributed by atoms with E-state index in [1.165, 1.54) is 11.1 Å². The largest absolute Gasteiger partial charge is 0.485 e. The van der Waals surface area contributed by atoms with Crippen LogP contribution >= 0.6 is 0 Å². The third kappa shape index (κ3) is 5.18. The first-order chi connectivity index (χ1) is 9.93. The van der Waals surface area contributed by atoms with Gasteiger partial charge in [0.1, 0.15) is 11.9 Å². The van der Waals surface area contributed by atoms with Crippen molar-refractivity contribution in [2.24, 2.45) is 0 Å². The van der Waals surface area contributed by atoms with E-state index in [-0.39, 0.29) is 6.10 Å². The van der Waals surface area contributed by atoms with Crippen LogP contribution < -0.4 is 4.74 Å². The van der Waals surface area contributed by atoms with Crippen molar-refractivity contribution in [2.45, 2.75) is 18.9 Å². The Morgan fingerprint density at radius 2 is 1.52 bits per heavy atom. The molecule has 0 radical (unpaired) electrons. The molecule has 2 N–H and O–H groups in total. The topological polar surface area (TPSA) is 83.8 Å². The summed E-state index contributed by atoms with van der Waals surface area (Å²) in [6.45, 7) is 0. The monoisotopic (exact) mass is 308 g/mol. The second kappa shape index (κ2) is 6.71. The van der Waals surface area contributed by atoms with E-state index in [2.05, 4.69) is 42.5 Å². The van der Waals surface area contributed by atoms with Gasteiger partial charge in [-0.25, -0.2) is 0 Å². The lowest BCUT2D eigenvalue weighted by molar-refractivity contribution is 0.176. The summed E-state index contributed by atoms with van der Waals surface area (Å²) in [4.78, 5) is 0. The first-order valence-electron chi connectivity index (χ1n) is 6.43. The Bertz CT molecular complexity index is 674. The van der Waals surface area contributed by atoms with E-state index in [1.807, 2.05) is 12.1 Å². The Kier molecular flexibility index (Phi) is 4.95. The van der Waals surface area contributed by atoms with Crippen LogP contribution in [0.15, 0.2) is 54.6 Å². The maximum Gasteiger partial charge on any atom is 0.394 e. The Morgan fingerprint density at radius 3 is 2.19 bits per heavy atom. The molecule has 1 unspecified atom stereocenters. The van der Waals surface area contributed by atoms with Gasteiger partial charge in [-0.15, -0.1) is 0 Å². The van der Waals surface area contributed by atoms with E-state index >= 15 is 0 Å². The summed E-state index contributed by atoms with van der Waals surface area (Å²) in [5, 5.41) is 0. The van der Waals surface area contributed by atoms with E-state index in [4.69, 9.17) is 22.3 Å². The standard InChI is InChI=1S/C15H14O.H2O4S/c1-2-6-12(7-3-1)15-11-10-13-8-4-5-9-14(13)16-15;1-5(2,3)4/h1-9,15H,10-11H2;(H2,1,2,3,4). The molecule has 0 saturated carbocycles. The molecule has 0 aromatic heterocycles. The van der Waals surface area contributed by atoms with E-state index in [0.29, 0.717) is 0 Å². The van der Waals surface area contributed by atoms with Crippen LogP contribution in [0.1, 0.15) is 23.7 Å². The smallest absolute Gasteiger partial charge is 0.394 e. The van der Waals surface area contributed by atoms with Crippen molar-refractivity contribution in [1.82, 2.24) is 0 Å². The molecule has 0 spiro atoms. The van der Waals surface area contributed by atoms with E-state index in [9.17, 15) is 0 Å². The summed E-state index contributed by atoms with van der Waals surface area (Å²) in [6.07, 6.45) is 2.40. The van der Waals surface area contributed by atoms with Crippen LogP contribution in [-0.2, 0) is 16.8 Å². The van der Waals surface area contributed by atoms with Crippen LogP contribution in [-0.4, -0.2) is 17.5 Å².